The van der Waals surface area contributed by atoms with Gasteiger partial charge in [-0.15, -0.1) is 0 Å². The minimum Gasteiger partial charge on any atom is -0.493 e. The Labute approximate surface area is 192 Å². The van der Waals surface area contributed by atoms with Crippen molar-refractivity contribution < 1.29 is 27.4 Å². The average molecular weight is 462 g/mol. The highest BCUT2D eigenvalue weighted by atomic mass is 19.4. The van der Waals surface area contributed by atoms with Gasteiger partial charge >= 0.3 is 6.18 Å². The number of carbonyl (C=O) groups is 1. The van der Waals surface area contributed by atoms with Gasteiger partial charge in [-0.1, -0.05) is 6.07 Å². The van der Waals surface area contributed by atoms with Gasteiger partial charge in [0.2, 0.25) is 0 Å². The molecule has 0 bridgehead atoms. The van der Waals surface area contributed by atoms with Gasteiger partial charge in [-0.25, -0.2) is 0 Å². The molecule has 178 valence electrons. The number of halogens is 3. The van der Waals surface area contributed by atoms with E-state index in [4.69, 9.17) is 9.47 Å². The number of benzene rings is 2. The third-order valence-corrected chi connectivity index (χ3v) is 6.71. The Morgan fingerprint density at radius 2 is 1.64 bits per heavy atom. The summed E-state index contributed by atoms with van der Waals surface area (Å²) in [6.07, 6.45) is 3.05. The number of alkyl halides is 3. The summed E-state index contributed by atoms with van der Waals surface area (Å²) in [5, 5.41) is 0. The molecule has 2 aliphatic rings. The molecule has 2 aromatic rings. The number of methoxy groups -OCH3 is 1. The number of hydrogen-bond donors (Lipinski definition) is 0. The van der Waals surface area contributed by atoms with Crippen LogP contribution >= 0.6 is 0 Å². The zero-order valence-corrected chi connectivity index (χ0v) is 18.9. The summed E-state index contributed by atoms with van der Waals surface area (Å²) in [6, 6.07) is 10.6. The van der Waals surface area contributed by atoms with Gasteiger partial charge in [0.15, 0.2) is 11.5 Å². The number of likely N-dealkylation sites (tertiary alicyclic amines) is 1. The smallest absolute Gasteiger partial charge is 0.416 e. The van der Waals surface area contributed by atoms with E-state index in [0.29, 0.717) is 24.6 Å². The Morgan fingerprint density at radius 3 is 2.24 bits per heavy atom. The van der Waals surface area contributed by atoms with E-state index in [0.717, 1.165) is 55.7 Å². The van der Waals surface area contributed by atoms with E-state index in [1.807, 2.05) is 6.07 Å². The first-order valence-electron chi connectivity index (χ1n) is 11.6. The van der Waals surface area contributed by atoms with Crippen molar-refractivity contribution in [3.05, 3.63) is 59.2 Å². The summed E-state index contributed by atoms with van der Waals surface area (Å²) in [5.41, 5.74) is 0.746. The molecular weight excluding hydrogens is 431 g/mol. The van der Waals surface area contributed by atoms with Crippen LogP contribution in [0.2, 0.25) is 0 Å². The van der Waals surface area contributed by atoms with Crippen LogP contribution in [0.25, 0.3) is 0 Å². The zero-order valence-electron chi connectivity index (χ0n) is 18.9. The molecule has 33 heavy (non-hydrogen) atoms. The third kappa shape index (κ3) is 5.81. The second kappa shape index (κ2) is 10.1. The summed E-state index contributed by atoms with van der Waals surface area (Å²) in [4.78, 5) is 14.5. The summed E-state index contributed by atoms with van der Waals surface area (Å²) >= 11 is 0. The lowest BCUT2D eigenvalue weighted by Crippen LogP contribution is -2.38. The van der Waals surface area contributed by atoms with Crippen molar-refractivity contribution in [3.8, 4) is 11.5 Å². The van der Waals surface area contributed by atoms with E-state index in [1.54, 1.807) is 12.0 Å². The third-order valence-electron chi connectivity index (χ3n) is 6.71. The van der Waals surface area contributed by atoms with E-state index >= 15 is 0 Å². The summed E-state index contributed by atoms with van der Waals surface area (Å²) in [6.45, 7) is 1.21. The number of piperidine rings is 1. The van der Waals surface area contributed by atoms with Crippen LogP contribution in [0, 0.1) is 5.92 Å². The van der Waals surface area contributed by atoms with Crippen molar-refractivity contribution in [2.24, 2.45) is 5.92 Å². The molecule has 7 heteroatoms. The van der Waals surface area contributed by atoms with Crippen molar-refractivity contribution in [1.82, 2.24) is 4.90 Å². The van der Waals surface area contributed by atoms with E-state index in [1.165, 1.54) is 30.5 Å². The van der Waals surface area contributed by atoms with Crippen LogP contribution < -0.4 is 9.47 Å². The van der Waals surface area contributed by atoms with Gasteiger partial charge in [0, 0.05) is 18.7 Å². The molecule has 0 spiro atoms. The van der Waals surface area contributed by atoms with Crippen molar-refractivity contribution >= 4 is 5.91 Å². The molecule has 2 aromatic carbocycles. The van der Waals surface area contributed by atoms with Gasteiger partial charge in [-0.3, -0.25) is 4.79 Å². The van der Waals surface area contributed by atoms with Crippen molar-refractivity contribution in [1.29, 1.82) is 0 Å². The molecule has 4 nitrogen and oxygen atoms in total. The highest BCUT2D eigenvalue weighted by Crippen LogP contribution is 2.34. The van der Waals surface area contributed by atoms with Crippen molar-refractivity contribution in [2.75, 3.05) is 20.2 Å². The van der Waals surface area contributed by atoms with Crippen LogP contribution in [0.4, 0.5) is 13.2 Å². The van der Waals surface area contributed by atoms with Crippen LogP contribution in [0.15, 0.2) is 42.5 Å². The molecule has 1 saturated heterocycles. The fraction of sp³-hybridized carbons (Fsp3) is 0.500. The lowest BCUT2D eigenvalue weighted by atomic mass is 9.89. The van der Waals surface area contributed by atoms with Crippen molar-refractivity contribution in [3.63, 3.8) is 0 Å². The molecule has 1 saturated carbocycles. The minimum atomic E-state index is -4.40. The topological polar surface area (TPSA) is 38.8 Å². The largest absolute Gasteiger partial charge is 0.493 e. The number of carbonyl (C=O) groups excluding carboxylic acids is 1. The molecule has 0 radical (unpaired) electrons. The minimum absolute atomic E-state index is 0.209. The summed E-state index contributed by atoms with van der Waals surface area (Å²) in [7, 11) is 1.65. The molecule has 1 heterocycles. The van der Waals surface area contributed by atoms with Gasteiger partial charge in [0.1, 0.15) is 0 Å². The lowest BCUT2D eigenvalue weighted by molar-refractivity contribution is -0.137. The molecule has 1 amide bonds. The van der Waals surface area contributed by atoms with Crippen LogP contribution in [0.1, 0.15) is 60.0 Å². The van der Waals surface area contributed by atoms with Crippen LogP contribution in [-0.2, 0) is 12.6 Å². The molecule has 0 unspecified atom stereocenters. The first-order chi connectivity index (χ1) is 15.8. The Balaban J connectivity index is 1.33. The summed E-state index contributed by atoms with van der Waals surface area (Å²) in [5.74, 6) is 1.78. The Morgan fingerprint density at radius 1 is 0.970 bits per heavy atom. The zero-order chi connectivity index (χ0) is 23.4. The van der Waals surface area contributed by atoms with E-state index in [2.05, 4.69) is 12.1 Å². The second-order valence-electron chi connectivity index (χ2n) is 9.02. The SMILES string of the molecule is COc1ccc(CC2CCN(C(=O)c3ccc(C(F)(F)F)cc3)CC2)cc1OC1CCCC1. The summed E-state index contributed by atoms with van der Waals surface area (Å²) < 4.78 is 50.0. The fourth-order valence-electron chi connectivity index (χ4n) is 4.78. The molecule has 0 aromatic heterocycles. The van der Waals surface area contributed by atoms with Crippen LogP contribution in [-0.4, -0.2) is 37.1 Å². The highest BCUT2D eigenvalue weighted by molar-refractivity contribution is 5.94. The molecule has 0 atom stereocenters. The van der Waals surface area contributed by atoms with E-state index in [9.17, 15) is 18.0 Å². The van der Waals surface area contributed by atoms with Gasteiger partial charge < -0.3 is 14.4 Å². The monoisotopic (exact) mass is 461 g/mol. The van der Waals surface area contributed by atoms with Gasteiger partial charge in [0.25, 0.3) is 5.91 Å². The lowest BCUT2D eigenvalue weighted by Gasteiger charge is -2.32. The van der Waals surface area contributed by atoms with Gasteiger partial charge in [0.05, 0.1) is 18.8 Å². The van der Waals surface area contributed by atoms with E-state index in [-0.39, 0.29) is 12.0 Å². The number of nitrogens with zero attached hydrogens (tertiary/aromatic N) is 1. The van der Waals surface area contributed by atoms with Crippen molar-refractivity contribution in [2.45, 2.75) is 57.2 Å². The molecule has 1 aliphatic heterocycles. The van der Waals surface area contributed by atoms with Gasteiger partial charge in [-0.2, -0.15) is 13.2 Å². The highest BCUT2D eigenvalue weighted by Gasteiger charge is 2.31. The molecule has 0 N–H and O–H groups in total. The second-order valence-corrected chi connectivity index (χ2v) is 9.02. The Kier molecular flexibility index (Phi) is 7.15. The number of hydrogen-bond acceptors (Lipinski definition) is 3. The Bertz CT molecular complexity index is 944. The number of rotatable bonds is 6. The predicted octanol–water partition coefficient (Wildman–Crippen LogP) is 6.13. The maximum atomic E-state index is 12.8. The average Bonchev–Trinajstić information content (AvgIpc) is 3.32. The van der Waals surface area contributed by atoms with Crippen LogP contribution in [0.5, 0.6) is 11.5 Å². The first kappa shape index (κ1) is 23.5. The van der Waals surface area contributed by atoms with E-state index < -0.39 is 11.7 Å². The Hall–Kier alpha value is -2.70. The fourth-order valence-corrected chi connectivity index (χ4v) is 4.78. The maximum absolute atomic E-state index is 12.8. The number of amides is 1. The molecule has 4 rings (SSSR count). The molecule has 1 aliphatic carbocycles. The maximum Gasteiger partial charge on any atom is 0.416 e. The first-order valence-corrected chi connectivity index (χ1v) is 11.6. The van der Waals surface area contributed by atoms with Gasteiger partial charge in [-0.05, 0) is 92.8 Å². The molecular formula is C26H30F3NO3. The standard InChI is InChI=1S/C26H30F3NO3/c1-32-23-11-6-19(17-24(23)33-22-4-2-3-5-22)16-18-12-14-30(15-13-18)25(31)20-7-9-21(10-8-20)26(27,28)29/h6-11,17-18,22H,2-5,12-16H2,1H3. The number of ether oxygens (including phenoxy) is 2. The molecule has 2 fully saturated rings. The predicted molar refractivity (Wildman–Crippen MR) is 120 cm³/mol. The quantitative estimate of drug-likeness (QED) is 0.519. The van der Waals surface area contributed by atoms with Crippen LogP contribution in [0.3, 0.4) is 0 Å². The normalized spacial score (nSPS) is 17.9.